The monoisotopic (exact) mass is 293 g/mol. The highest BCUT2D eigenvalue weighted by Gasteiger charge is 2.36. The van der Waals surface area contributed by atoms with Crippen molar-refractivity contribution in [2.45, 2.75) is 33.2 Å². The first-order valence-corrected chi connectivity index (χ1v) is 7.36. The quantitative estimate of drug-likeness (QED) is 0.894. The molecular weight excluding hydrogens is 269 g/mol. The zero-order chi connectivity index (χ0) is 15.6. The Morgan fingerprint density at radius 3 is 2.90 bits per heavy atom. The molecule has 1 fully saturated rings. The maximum absolute atomic E-state index is 13.3. The van der Waals surface area contributed by atoms with Crippen molar-refractivity contribution in [3.05, 3.63) is 29.6 Å². The Hall–Kier alpha value is -1.46. The van der Waals surface area contributed by atoms with Crippen molar-refractivity contribution < 1.29 is 9.18 Å². The molecule has 3 N–H and O–H groups in total. The molecular formula is C16H24FN3O. The number of benzene rings is 1. The van der Waals surface area contributed by atoms with Crippen molar-refractivity contribution in [1.29, 1.82) is 0 Å². The van der Waals surface area contributed by atoms with Crippen LogP contribution in [0.3, 0.4) is 0 Å². The Balaban J connectivity index is 2.02. The summed E-state index contributed by atoms with van der Waals surface area (Å²) in [6.07, 6.45) is 1.00. The maximum Gasteiger partial charge on any atom is 0.241 e. The highest BCUT2D eigenvalue weighted by atomic mass is 19.1. The summed E-state index contributed by atoms with van der Waals surface area (Å²) in [6, 6.07) is 4.16. The summed E-state index contributed by atoms with van der Waals surface area (Å²) >= 11 is 0. The summed E-state index contributed by atoms with van der Waals surface area (Å²) in [5.41, 5.74) is 7.27. The fourth-order valence-electron chi connectivity index (χ4n) is 2.69. The smallest absolute Gasteiger partial charge is 0.241 e. The van der Waals surface area contributed by atoms with Crippen LogP contribution >= 0.6 is 0 Å². The molecule has 1 aliphatic heterocycles. The molecule has 0 aromatic heterocycles. The van der Waals surface area contributed by atoms with Crippen LogP contribution in [0.15, 0.2) is 18.2 Å². The SMILES string of the molecule is Cc1ccc(F)cc1NC(=O)C(C)N1CCC(C)(CN)C1. The molecule has 1 aliphatic rings. The number of carbonyl (C=O) groups is 1. The van der Waals surface area contributed by atoms with Crippen LogP contribution < -0.4 is 11.1 Å². The van der Waals surface area contributed by atoms with Gasteiger partial charge in [-0.1, -0.05) is 13.0 Å². The number of aryl methyl sites for hydroxylation is 1. The van der Waals surface area contributed by atoms with E-state index >= 15 is 0 Å². The molecule has 116 valence electrons. The molecule has 2 unspecified atom stereocenters. The minimum absolute atomic E-state index is 0.0866. The number of anilines is 1. The molecule has 0 radical (unpaired) electrons. The van der Waals surface area contributed by atoms with E-state index in [1.807, 2.05) is 13.8 Å². The highest BCUT2D eigenvalue weighted by molar-refractivity contribution is 5.95. The zero-order valence-electron chi connectivity index (χ0n) is 12.9. The fraction of sp³-hybridized carbons (Fsp3) is 0.562. The number of nitrogens with one attached hydrogen (secondary N) is 1. The number of nitrogens with two attached hydrogens (primary N) is 1. The van der Waals surface area contributed by atoms with Gasteiger partial charge in [-0.05, 0) is 56.5 Å². The number of rotatable bonds is 4. The van der Waals surface area contributed by atoms with E-state index in [-0.39, 0.29) is 23.2 Å². The van der Waals surface area contributed by atoms with E-state index in [2.05, 4.69) is 17.1 Å². The summed E-state index contributed by atoms with van der Waals surface area (Å²) in [7, 11) is 0. The molecule has 1 saturated heterocycles. The lowest BCUT2D eigenvalue weighted by molar-refractivity contribution is -0.120. The molecule has 2 rings (SSSR count). The number of halogens is 1. The van der Waals surface area contributed by atoms with Crippen molar-refractivity contribution in [3.8, 4) is 0 Å². The molecule has 1 heterocycles. The molecule has 0 spiro atoms. The average Bonchev–Trinajstić information content (AvgIpc) is 2.85. The number of nitrogens with zero attached hydrogens (tertiary/aromatic N) is 1. The van der Waals surface area contributed by atoms with Gasteiger partial charge >= 0.3 is 0 Å². The van der Waals surface area contributed by atoms with Gasteiger partial charge in [-0.25, -0.2) is 4.39 Å². The second-order valence-electron chi connectivity index (χ2n) is 6.36. The van der Waals surface area contributed by atoms with Crippen LogP contribution in [0.2, 0.25) is 0 Å². The Bertz CT molecular complexity index is 534. The van der Waals surface area contributed by atoms with Crippen LogP contribution in [0.25, 0.3) is 0 Å². The minimum atomic E-state index is -0.347. The van der Waals surface area contributed by atoms with Crippen molar-refractivity contribution in [1.82, 2.24) is 4.90 Å². The van der Waals surface area contributed by atoms with Gasteiger partial charge in [0.05, 0.1) is 6.04 Å². The molecule has 1 amide bonds. The van der Waals surface area contributed by atoms with Gasteiger partial charge in [0.2, 0.25) is 5.91 Å². The topological polar surface area (TPSA) is 58.4 Å². The number of amides is 1. The van der Waals surface area contributed by atoms with Gasteiger partial charge in [0.15, 0.2) is 0 Å². The lowest BCUT2D eigenvalue weighted by Gasteiger charge is -2.26. The first-order valence-electron chi connectivity index (χ1n) is 7.36. The minimum Gasteiger partial charge on any atom is -0.330 e. The van der Waals surface area contributed by atoms with Crippen molar-refractivity contribution in [3.63, 3.8) is 0 Å². The molecule has 0 saturated carbocycles. The van der Waals surface area contributed by atoms with Gasteiger partial charge in [-0.2, -0.15) is 0 Å². The Morgan fingerprint density at radius 2 is 2.29 bits per heavy atom. The first kappa shape index (κ1) is 15.9. The average molecular weight is 293 g/mol. The van der Waals surface area contributed by atoms with Crippen LogP contribution in [-0.4, -0.2) is 36.5 Å². The van der Waals surface area contributed by atoms with Gasteiger partial charge in [0.1, 0.15) is 5.82 Å². The van der Waals surface area contributed by atoms with Gasteiger partial charge in [0, 0.05) is 12.2 Å². The summed E-state index contributed by atoms with van der Waals surface area (Å²) in [5.74, 6) is -0.453. The van der Waals surface area contributed by atoms with E-state index in [4.69, 9.17) is 5.73 Å². The molecule has 0 bridgehead atoms. The fourth-order valence-corrected chi connectivity index (χ4v) is 2.69. The number of hydrogen-bond acceptors (Lipinski definition) is 3. The third kappa shape index (κ3) is 3.60. The van der Waals surface area contributed by atoms with E-state index < -0.39 is 0 Å². The van der Waals surface area contributed by atoms with E-state index in [9.17, 15) is 9.18 Å². The van der Waals surface area contributed by atoms with Crippen molar-refractivity contribution in [2.75, 3.05) is 25.0 Å². The number of likely N-dealkylation sites (tertiary alicyclic amines) is 1. The highest BCUT2D eigenvalue weighted by Crippen LogP contribution is 2.30. The number of carbonyl (C=O) groups excluding carboxylic acids is 1. The first-order chi connectivity index (χ1) is 9.84. The molecule has 1 aromatic carbocycles. The summed E-state index contributed by atoms with van der Waals surface area (Å²) in [5, 5.41) is 2.82. The maximum atomic E-state index is 13.3. The molecule has 4 nitrogen and oxygen atoms in total. The Labute approximate surface area is 125 Å². The normalized spacial score (nSPS) is 24.0. The lowest BCUT2D eigenvalue weighted by Crippen LogP contribution is -2.42. The van der Waals surface area contributed by atoms with Crippen LogP contribution in [0.4, 0.5) is 10.1 Å². The zero-order valence-corrected chi connectivity index (χ0v) is 12.9. The predicted molar refractivity (Wildman–Crippen MR) is 82.6 cm³/mol. The molecule has 1 aromatic rings. The largest absolute Gasteiger partial charge is 0.330 e. The van der Waals surface area contributed by atoms with E-state index in [1.54, 1.807) is 6.07 Å². The molecule has 0 aliphatic carbocycles. The molecule has 21 heavy (non-hydrogen) atoms. The van der Waals surface area contributed by atoms with E-state index in [0.717, 1.165) is 25.1 Å². The predicted octanol–water partition coefficient (Wildman–Crippen LogP) is 2.13. The second kappa shape index (κ2) is 6.12. The summed E-state index contributed by atoms with van der Waals surface area (Å²) in [4.78, 5) is 14.5. The standard InChI is InChI=1S/C16H24FN3O/c1-11-4-5-13(17)8-14(11)19-15(21)12(2)20-7-6-16(3,9-18)10-20/h4-5,8,12H,6-7,9-10,18H2,1-3H3,(H,19,21). The molecule has 5 heteroatoms. The van der Waals surface area contributed by atoms with Crippen molar-refractivity contribution >= 4 is 11.6 Å². The Kier molecular flexibility index (Phi) is 4.64. The number of hydrogen-bond donors (Lipinski definition) is 2. The van der Waals surface area contributed by atoms with E-state index in [0.29, 0.717) is 12.2 Å². The van der Waals surface area contributed by atoms with Gasteiger partial charge in [0.25, 0.3) is 0 Å². The van der Waals surface area contributed by atoms with Crippen LogP contribution in [0, 0.1) is 18.2 Å². The van der Waals surface area contributed by atoms with Crippen LogP contribution in [0.1, 0.15) is 25.8 Å². The summed E-state index contributed by atoms with van der Waals surface area (Å²) in [6.45, 7) is 8.19. The van der Waals surface area contributed by atoms with Gasteiger partial charge in [-0.15, -0.1) is 0 Å². The third-order valence-corrected chi connectivity index (χ3v) is 4.46. The molecule has 2 atom stereocenters. The Morgan fingerprint density at radius 1 is 1.57 bits per heavy atom. The third-order valence-electron chi connectivity index (χ3n) is 4.46. The summed E-state index contributed by atoms with van der Waals surface area (Å²) < 4.78 is 13.3. The van der Waals surface area contributed by atoms with Crippen molar-refractivity contribution in [2.24, 2.45) is 11.1 Å². The van der Waals surface area contributed by atoms with Gasteiger partial charge in [-0.3, -0.25) is 9.69 Å². The van der Waals surface area contributed by atoms with Crippen LogP contribution in [-0.2, 0) is 4.79 Å². The van der Waals surface area contributed by atoms with E-state index in [1.165, 1.54) is 12.1 Å². The van der Waals surface area contributed by atoms with Crippen LogP contribution in [0.5, 0.6) is 0 Å². The second-order valence-corrected chi connectivity index (χ2v) is 6.36. The lowest BCUT2D eigenvalue weighted by atomic mass is 9.90. The van der Waals surface area contributed by atoms with Gasteiger partial charge < -0.3 is 11.1 Å².